The molecule has 0 radical (unpaired) electrons. The molecule has 1 aromatic heterocycles. The number of nitrogens with zero attached hydrogens (tertiary/aromatic N) is 1. The van der Waals surface area contributed by atoms with Crippen LogP contribution < -0.4 is 5.32 Å². The first-order valence-corrected chi connectivity index (χ1v) is 5.65. The van der Waals surface area contributed by atoms with E-state index >= 15 is 0 Å². The number of furan rings is 1. The van der Waals surface area contributed by atoms with Crippen LogP contribution >= 0.6 is 12.4 Å². The van der Waals surface area contributed by atoms with Gasteiger partial charge in [0.05, 0.1) is 5.56 Å². The van der Waals surface area contributed by atoms with Gasteiger partial charge in [0.2, 0.25) is 0 Å². The lowest BCUT2D eigenvalue weighted by molar-refractivity contribution is 0.0788. The van der Waals surface area contributed by atoms with Crippen LogP contribution in [0, 0.1) is 13.8 Å². The molecule has 0 aliphatic carbocycles. The van der Waals surface area contributed by atoms with Crippen molar-refractivity contribution in [3.05, 3.63) is 23.2 Å². The highest BCUT2D eigenvalue weighted by Gasteiger charge is 2.27. The van der Waals surface area contributed by atoms with Gasteiger partial charge in [-0.1, -0.05) is 0 Å². The molecular weight excluding hydrogens is 240 g/mol. The highest BCUT2D eigenvalue weighted by Crippen LogP contribution is 2.19. The summed E-state index contributed by atoms with van der Waals surface area (Å²) in [5.41, 5.74) is 0.703. The smallest absolute Gasteiger partial charge is 0.257 e. The normalized spacial score (nSPS) is 19.2. The van der Waals surface area contributed by atoms with Gasteiger partial charge in [-0.25, -0.2) is 0 Å². The molecule has 1 aliphatic heterocycles. The van der Waals surface area contributed by atoms with Gasteiger partial charge in [-0.2, -0.15) is 0 Å². The predicted octanol–water partition coefficient (Wildman–Crippen LogP) is 1.75. The molecule has 1 amide bonds. The molecule has 0 aromatic carbocycles. The third-order valence-electron chi connectivity index (χ3n) is 3.16. The Labute approximate surface area is 108 Å². The van der Waals surface area contributed by atoms with Crippen molar-refractivity contribution in [2.75, 3.05) is 20.1 Å². The average Bonchev–Trinajstić information content (AvgIpc) is 2.84. The van der Waals surface area contributed by atoms with Gasteiger partial charge in [-0.3, -0.25) is 4.79 Å². The van der Waals surface area contributed by atoms with Gasteiger partial charge in [0.1, 0.15) is 11.5 Å². The summed E-state index contributed by atoms with van der Waals surface area (Å²) in [5, 5.41) is 3.20. The van der Waals surface area contributed by atoms with E-state index in [0.717, 1.165) is 31.0 Å². The van der Waals surface area contributed by atoms with E-state index in [9.17, 15) is 4.79 Å². The summed E-state index contributed by atoms with van der Waals surface area (Å²) in [5.74, 6) is 1.60. The second-order valence-corrected chi connectivity index (χ2v) is 4.35. The first kappa shape index (κ1) is 14.1. The van der Waals surface area contributed by atoms with Crippen molar-refractivity contribution in [3.8, 4) is 0 Å². The van der Waals surface area contributed by atoms with Crippen LogP contribution in [0.2, 0.25) is 0 Å². The highest BCUT2D eigenvalue weighted by molar-refractivity contribution is 5.95. The van der Waals surface area contributed by atoms with Crippen molar-refractivity contribution in [3.63, 3.8) is 0 Å². The van der Waals surface area contributed by atoms with E-state index in [2.05, 4.69) is 5.32 Å². The quantitative estimate of drug-likeness (QED) is 0.879. The van der Waals surface area contributed by atoms with E-state index in [1.807, 2.05) is 31.9 Å². The molecule has 0 bridgehead atoms. The summed E-state index contributed by atoms with van der Waals surface area (Å²) in [6, 6.07) is 2.25. The Bertz CT molecular complexity index is 403. The van der Waals surface area contributed by atoms with Gasteiger partial charge >= 0.3 is 0 Å². The van der Waals surface area contributed by atoms with Crippen molar-refractivity contribution < 1.29 is 9.21 Å². The van der Waals surface area contributed by atoms with Gasteiger partial charge in [0.15, 0.2) is 0 Å². The Hall–Kier alpha value is -1.00. The number of rotatable bonds is 2. The summed E-state index contributed by atoms with van der Waals surface area (Å²) in [4.78, 5) is 14.1. The Morgan fingerprint density at radius 2 is 2.24 bits per heavy atom. The van der Waals surface area contributed by atoms with Crippen LogP contribution in [0.4, 0.5) is 0 Å². The maximum absolute atomic E-state index is 12.2. The summed E-state index contributed by atoms with van der Waals surface area (Å²) in [6.07, 6.45) is 1.03. The van der Waals surface area contributed by atoms with E-state index in [0.29, 0.717) is 11.6 Å². The zero-order chi connectivity index (χ0) is 11.7. The number of hydrogen-bond donors (Lipinski definition) is 1. The maximum atomic E-state index is 12.2. The number of amides is 1. The molecule has 4 nitrogen and oxygen atoms in total. The summed E-state index contributed by atoms with van der Waals surface area (Å²) >= 11 is 0. The van der Waals surface area contributed by atoms with E-state index in [4.69, 9.17) is 4.42 Å². The third kappa shape index (κ3) is 2.82. The molecule has 1 aliphatic rings. The Kier molecular flexibility index (Phi) is 4.60. The average molecular weight is 259 g/mol. The molecule has 0 spiro atoms. The molecule has 0 saturated carbocycles. The van der Waals surface area contributed by atoms with Crippen LogP contribution in [0.1, 0.15) is 28.3 Å². The fourth-order valence-corrected chi connectivity index (χ4v) is 2.19. The van der Waals surface area contributed by atoms with Crippen molar-refractivity contribution in [1.29, 1.82) is 0 Å². The molecule has 1 atom stereocenters. The molecular formula is C12H19ClN2O2. The van der Waals surface area contributed by atoms with E-state index < -0.39 is 0 Å². The fourth-order valence-electron chi connectivity index (χ4n) is 2.19. The number of halogens is 1. The van der Waals surface area contributed by atoms with Crippen LogP contribution in [-0.4, -0.2) is 37.0 Å². The van der Waals surface area contributed by atoms with E-state index in [-0.39, 0.29) is 18.3 Å². The third-order valence-corrected chi connectivity index (χ3v) is 3.16. The van der Waals surface area contributed by atoms with Gasteiger partial charge in [0, 0.05) is 19.1 Å². The number of nitrogens with one attached hydrogen (secondary N) is 1. The molecule has 1 fully saturated rings. The van der Waals surface area contributed by atoms with Crippen LogP contribution in [0.5, 0.6) is 0 Å². The number of aryl methyl sites for hydroxylation is 2. The van der Waals surface area contributed by atoms with Crippen molar-refractivity contribution in [1.82, 2.24) is 10.2 Å². The lowest BCUT2D eigenvalue weighted by Gasteiger charge is -2.15. The first-order valence-electron chi connectivity index (χ1n) is 5.65. The Morgan fingerprint density at radius 3 is 2.71 bits per heavy atom. The molecule has 1 N–H and O–H groups in total. The van der Waals surface area contributed by atoms with Crippen LogP contribution in [-0.2, 0) is 0 Å². The van der Waals surface area contributed by atoms with Gasteiger partial charge in [-0.05, 0) is 33.4 Å². The van der Waals surface area contributed by atoms with Crippen molar-refractivity contribution in [2.45, 2.75) is 26.3 Å². The van der Waals surface area contributed by atoms with E-state index in [1.165, 1.54) is 0 Å². The topological polar surface area (TPSA) is 45.5 Å². The number of likely N-dealkylation sites (N-methyl/N-ethyl adjacent to an activating group) is 1. The van der Waals surface area contributed by atoms with E-state index in [1.54, 1.807) is 0 Å². The van der Waals surface area contributed by atoms with Crippen molar-refractivity contribution in [2.24, 2.45) is 0 Å². The second-order valence-electron chi connectivity index (χ2n) is 4.35. The SMILES string of the molecule is CNC1CCN(C(=O)c2cc(C)oc2C)C1.Cl. The molecule has 17 heavy (non-hydrogen) atoms. The number of likely N-dealkylation sites (tertiary alicyclic amines) is 1. The highest BCUT2D eigenvalue weighted by atomic mass is 35.5. The van der Waals surface area contributed by atoms with Gasteiger partial charge in [-0.15, -0.1) is 12.4 Å². The molecule has 2 heterocycles. The molecule has 1 aromatic rings. The lowest BCUT2D eigenvalue weighted by Crippen LogP contribution is -2.33. The molecule has 5 heteroatoms. The minimum atomic E-state index is 0. The fraction of sp³-hybridized carbons (Fsp3) is 0.583. The molecule has 1 unspecified atom stereocenters. The van der Waals surface area contributed by atoms with Gasteiger partial charge in [0.25, 0.3) is 5.91 Å². The Morgan fingerprint density at radius 1 is 1.53 bits per heavy atom. The van der Waals surface area contributed by atoms with Crippen molar-refractivity contribution >= 4 is 18.3 Å². The van der Waals surface area contributed by atoms with Crippen LogP contribution in [0.3, 0.4) is 0 Å². The summed E-state index contributed by atoms with van der Waals surface area (Å²) in [6.45, 7) is 5.32. The minimum Gasteiger partial charge on any atom is -0.466 e. The molecule has 1 saturated heterocycles. The van der Waals surface area contributed by atoms with Crippen LogP contribution in [0.25, 0.3) is 0 Å². The summed E-state index contributed by atoms with van der Waals surface area (Å²) < 4.78 is 5.39. The predicted molar refractivity (Wildman–Crippen MR) is 68.8 cm³/mol. The Balaban J connectivity index is 0.00000144. The standard InChI is InChI=1S/C12H18N2O2.ClH/c1-8-6-11(9(2)16-8)12(15)14-5-4-10(7-14)13-3;/h6,10,13H,4-5,7H2,1-3H3;1H. The maximum Gasteiger partial charge on any atom is 0.257 e. The zero-order valence-electron chi connectivity index (χ0n) is 10.4. The molecule has 2 rings (SSSR count). The number of carbonyl (C=O) groups is 1. The van der Waals surface area contributed by atoms with Crippen LogP contribution in [0.15, 0.2) is 10.5 Å². The lowest BCUT2D eigenvalue weighted by atomic mass is 10.2. The monoisotopic (exact) mass is 258 g/mol. The first-order chi connectivity index (χ1) is 7.61. The second kappa shape index (κ2) is 5.56. The largest absolute Gasteiger partial charge is 0.466 e. The number of carbonyl (C=O) groups excluding carboxylic acids is 1. The number of hydrogen-bond acceptors (Lipinski definition) is 3. The molecule has 96 valence electrons. The zero-order valence-corrected chi connectivity index (χ0v) is 11.3. The minimum absolute atomic E-state index is 0. The van der Waals surface area contributed by atoms with Gasteiger partial charge < -0.3 is 14.6 Å². The summed E-state index contributed by atoms with van der Waals surface area (Å²) in [7, 11) is 1.94.